The van der Waals surface area contributed by atoms with E-state index in [1.807, 2.05) is 18.3 Å². The van der Waals surface area contributed by atoms with Crippen LogP contribution in [0.15, 0.2) is 52.1 Å². The predicted molar refractivity (Wildman–Crippen MR) is 130 cm³/mol. The Morgan fingerprint density at radius 1 is 1.21 bits per heavy atom. The SMILES string of the molecule is CN=C(NCc1ccc(OCCOC)nc1)NCC1(c2cccc(Br)c2)CC1.I. The second-order valence-electron chi connectivity index (χ2n) is 6.92. The van der Waals surface area contributed by atoms with Crippen molar-refractivity contribution in [1.29, 1.82) is 0 Å². The largest absolute Gasteiger partial charge is 0.475 e. The molecule has 0 atom stereocenters. The van der Waals surface area contributed by atoms with E-state index in [1.54, 1.807) is 14.2 Å². The number of pyridine rings is 1. The van der Waals surface area contributed by atoms with Crippen molar-refractivity contribution in [2.45, 2.75) is 24.8 Å². The van der Waals surface area contributed by atoms with E-state index >= 15 is 0 Å². The highest BCUT2D eigenvalue weighted by atomic mass is 127. The summed E-state index contributed by atoms with van der Waals surface area (Å²) in [5, 5.41) is 6.82. The number of nitrogens with zero attached hydrogens (tertiary/aromatic N) is 2. The maximum absolute atomic E-state index is 5.49. The number of methoxy groups -OCH3 is 1. The third kappa shape index (κ3) is 7.11. The van der Waals surface area contributed by atoms with E-state index in [4.69, 9.17) is 9.47 Å². The van der Waals surface area contributed by atoms with Gasteiger partial charge in [-0.2, -0.15) is 0 Å². The lowest BCUT2D eigenvalue weighted by Gasteiger charge is -2.19. The van der Waals surface area contributed by atoms with E-state index in [0.29, 0.717) is 25.6 Å². The zero-order valence-corrected chi connectivity index (χ0v) is 20.7. The van der Waals surface area contributed by atoms with Crippen LogP contribution < -0.4 is 15.4 Å². The van der Waals surface area contributed by atoms with Crippen LogP contribution in [0.2, 0.25) is 0 Å². The molecule has 0 saturated heterocycles. The Kier molecular flexibility index (Phi) is 9.64. The van der Waals surface area contributed by atoms with Crippen molar-refractivity contribution in [3.63, 3.8) is 0 Å². The van der Waals surface area contributed by atoms with Gasteiger partial charge in [0.1, 0.15) is 6.61 Å². The molecule has 2 aromatic rings. The highest BCUT2D eigenvalue weighted by Crippen LogP contribution is 2.48. The van der Waals surface area contributed by atoms with Crippen LogP contribution in [-0.2, 0) is 16.7 Å². The number of nitrogens with one attached hydrogen (secondary N) is 2. The second kappa shape index (κ2) is 11.7. The van der Waals surface area contributed by atoms with Gasteiger partial charge in [0.25, 0.3) is 0 Å². The molecule has 1 saturated carbocycles. The highest BCUT2D eigenvalue weighted by molar-refractivity contribution is 14.0. The van der Waals surface area contributed by atoms with Crippen molar-refractivity contribution in [2.75, 3.05) is 33.9 Å². The summed E-state index contributed by atoms with van der Waals surface area (Å²) < 4.78 is 11.6. The molecule has 1 aromatic carbocycles. The van der Waals surface area contributed by atoms with Crippen LogP contribution in [0.4, 0.5) is 0 Å². The summed E-state index contributed by atoms with van der Waals surface area (Å²) in [5.74, 6) is 1.40. The molecule has 6 nitrogen and oxygen atoms in total. The normalized spacial score (nSPS) is 14.7. The van der Waals surface area contributed by atoms with Gasteiger partial charge in [-0.3, -0.25) is 4.99 Å². The van der Waals surface area contributed by atoms with E-state index < -0.39 is 0 Å². The molecule has 1 aromatic heterocycles. The summed E-state index contributed by atoms with van der Waals surface area (Å²) in [6.07, 6.45) is 4.20. The van der Waals surface area contributed by atoms with Gasteiger partial charge >= 0.3 is 0 Å². The fourth-order valence-electron chi connectivity index (χ4n) is 3.03. The van der Waals surface area contributed by atoms with Gasteiger partial charge in [0, 0.05) is 49.4 Å². The number of benzene rings is 1. The fourth-order valence-corrected chi connectivity index (χ4v) is 3.43. The molecule has 0 aliphatic heterocycles. The van der Waals surface area contributed by atoms with Gasteiger partial charge < -0.3 is 20.1 Å². The molecule has 8 heteroatoms. The van der Waals surface area contributed by atoms with Gasteiger partial charge in [0.05, 0.1) is 6.61 Å². The molecule has 0 radical (unpaired) electrons. The van der Waals surface area contributed by atoms with Crippen LogP contribution in [-0.4, -0.2) is 44.9 Å². The monoisotopic (exact) mass is 574 g/mol. The summed E-state index contributed by atoms with van der Waals surface area (Å²) in [5.41, 5.74) is 2.65. The molecule has 1 heterocycles. The maximum atomic E-state index is 5.49. The van der Waals surface area contributed by atoms with Gasteiger partial charge in [-0.25, -0.2) is 4.98 Å². The minimum Gasteiger partial charge on any atom is -0.475 e. The maximum Gasteiger partial charge on any atom is 0.213 e. The van der Waals surface area contributed by atoms with Crippen LogP contribution in [0.1, 0.15) is 24.0 Å². The Morgan fingerprint density at radius 3 is 2.66 bits per heavy atom. The van der Waals surface area contributed by atoms with E-state index in [0.717, 1.165) is 22.5 Å². The molecular weight excluding hydrogens is 547 g/mol. The molecule has 29 heavy (non-hydrogen) atoms. The lowest BCUT2D eigenvalue weighted by molar-refractivity contribution is 0.143. The number of aromatic nitrogens is 1. The molecule has 158 valence electrons. The number of hydrogen-bond acceptors (Lipinski definition) is 4. The van der Waals surface area contributed by atoms with Crippen LogP contribution >= 0.6 is 39.9 Å². The van der Waals surface area contributed by atoms with E-state index in [9.17, 15) is 0 Å². The van der Waals surface area contributed by atoms with Crippen molar-refractivity contribution >= 4 is 45.9 Å². The smallest absolute Gasteiger partial charge is 0.213 e. The summed E-state index contributed by atoms with van der Waals surface area (Å²) >= 11 is 3.57. The number of ether oxygens (including phenoxy) is 2. The number of halogens is 2. The van der Waals surface area contributed by atoms with Crippen molar-refractivity contribution in [3.05, 3.63) is 58.2 Å². The Labute approximate surface area is 198 Å². The number of aliphatic imine (C=N–C) groups is 1. The topological polar surface area (TPSA) is 67.8 Å². The molecule has 3 rings (SSSR count). The number of hydrogen-bond donors (Lipinski definition) is 2. The van der Waals surface area contributed by atoms with Crippen molar-refractivity contribution in [2.24, 2.45) is 4.99 Å². The highest BCUT2D eigenvalue weighted by Gasteiger charge is 2.44. The summed E-state index contributed by atoms with van der Waals surface area (Å²) in [7, 11) is 3.44. The zero-order valence-electron chi connectivity index (χ0n) is 16.8. The third-order valence-electron chi connectivity index (χ3n) is 4.90. The minimum atomic E-state index is 0. The quantitative estimate of drug-likeness (QED) is 0.206. The van der Waals surface area contributed by atoms with Crippen molar-refractivity contribution in [3.8, 4) is 5.88 Å². The summed E-state index contributed by atoms with van der Waals surface area (Å²) in [4.78, 5) is 8.65. The third-order valence-corrected chi connectivity index (χ3v) is 5.40. The predicted octanol–water partition coefficient (Wildman–Crippen LogP) is 3.88. The van der Waals surface area contributed by atoms with Gasteiger partial charge in [-0.05, 0) is 36.1 Å². The summed E-state index contributed by atoms with van der Waals surface area (Å²) in [6, 6.07) is 12.5. The molecule has 1 aliphatic rings. The van der Waals surface area contributed by atoms with E-state index in [-0.39, 0.29) is 29.4 Å². The van der Waals surface area contributed by atoms with Gasteiger partial charge in [-0.15, -0.1) is 24.0 Å². The van der Waals surface area contributed by atoms with Crippen LogP contribution in [0, 0.1) is 0 Å². The standard InChI is InChI=1S/C21H27BrN4O2.HI/c1-23-20(25-14-16-6-7-19(24-13-16)28-11-10-27-2)26-15-21(8-9-21)17-4-3-5-18(22)12-17;/h3-7,12-13H,8-11,14-15H2,1-2H3,(H2,23,25,26);1H. The van der Waals surface area contributed by atoms with Gasteiger partial charge in [0.15, 0.2) is 5.96 Å². The Bertz CT molecular complexity index is 798. The zero-order chi connectivity index (χ0) is 19.8. The second-order valence-corrected chi connectivity index (χ2v) is 7.83. The first-order valence-electron chi connectivity index (χ1n) is 9.42. The molecule has 0 spiro atoms. The molecule has 0 amide bonds. The molecule has 1 aliphatic carbocycles. The lowest BCUT2D eigenvalue weighted by Crippen LogP contribution is -2.40. The first kappa shape index (κ1) is 23.9. The van der Waals surface area contributed by atoms with E-state index in [1.165, 1.54) is 18.4 Å². The first-order valence-corrected chi connectivity index (χ1v) is 10.2. The Morgan fingerprint density at radius 2 is 2.03 bits per heavy atom. The minimum absolute atomic E-state index is 0. The van der Waals surface area contributed by atoms with Crippen molar-refractivity contribution < 1.29 is 9.47 Å². The lowest BCUT2D eigenvalue weighted by atomic mass is 9.96. The number of guanidine groups is 1. The van der Waals surface area contributed by atoms with Crippen LogP contribution in [0.5, 0.6) is 5.88 Å². The molecule has 0 unspecified atom stereocenters. The van der Waals surface area contributed by atoms with Crippen LogP contribution in [0.3, 0.4) is 0 Å². The molecule has 2 N–H and O–H groups in total. The van der Waals surface area contributed by atoms with Gasteiger partial charge in [0.2, 0.25) is 5.88 Å². The average Bonchev–Trinajstić information content (AvgIpc) is 3.51. The molecule has 0 bridgehead atoms. The average molecular weight is 575 g/mol. The summed E-state index contributed by atoms with van der Waals surface area (Å²) in [6.45, 7) is 2.56. The number of rotatable bonds is 9. The Balaban J connectivity index is 0.00000300. The Hall–Kier alpha value is -1.39. The van der Waals surface area contributed by atoms with E-state index in [2.05, 4.69) is 60.8 Å². The van der Waals surface area contributed by atoms with Crippen molar-refractivity contribution in [1.82, 2.24) is 15.6 Å². The first-order chi connectivity index (χ1) is 13.6. The fraction of sp³-hybridized carbons (Fsp3) is 0.429. The molecule has 1 fully saturated rings. The van der Waals surface area contributed by atoms with Gasteiger partial charge in [-0.1, -0.05) is 34.1 Å². The van der Waals surface area contributed by atoms with Crippen LogP contribution in [0.25, 0.3) is 0 Å². The molecular formula is C21H28BrIN4O2.